The van der Waals surface area contributed by atoms with Crippen LogP contribution in [0.25, 0.3) is 0 Å². The summed E-state index contributed by atoms with van der Waals surface area (Å²) in [5.74, 6) is 1.94. The Hall–Kier alpha value is -0.740. The van der Waals surface area contributed by atoms with Crippen molar-refractivity contribution in [2.24, 2.45) is 0 Å². The minimum Gasteiger partial charge on any atom is -0.488 e. The van der Waals surface area contributed by atoms with E-state index in [1.165, 1.54) is 37.5 Å². The highest BCUT2D eigenvalue weighted by Crippen LogP contribution is 2.28. The van der Waals surface area contributed by atoms with Crippen LogP contribution in [0.3, 0.4) is 0 Å². The second kappa shape index (κ2) is 8.53. The lowest BCUT2D eigenvalue weighted by atomic mass is 10.1. The van der Waals surface area contributed by atoms with Gasteiger partial charge < -0.3 is 10.1 Å². The van der Waals surface area contributed by atoms with Crippen LogP contribution in [-0.2, 0) is 6.42 Å². The molecule has 1 aromatic rings. The fourth-order valence-electron chi connectivity index (χ4n) is 2.52. The van der Waals surface area contributed by atoms with Crippen molar-refractivity contribution < 1.29 is 9.13 Å². The lowest BCUT2D eigenvalue weighted by Gasteiger charge is -2.11. The first kappa shape index (κ1) is 15.6. The number of hydrogen-bond acceptors (Lipinski definition) is 3. The van der Waals surface area contributed by atoms with E-state index in [0.29, 0.717) is 0 Å². The summed E-state index contributed by atoms with van der Waals surface area (Å²) < 4.78 is 18.9. The number of halogens is 1. The maximum atomic E-state index is 13.1. The minimum atomic E-state index is -0.175. The molecule has 0 saturated carbocycles. The fraction of sp³-hybridized carbons (Fsp3) is 0.625. The van der Waals surface area contributed by atoms with E-state index in [1.54, 1.807) is 12.1 Å². The maximum absolute atomic E-state index is 13.1. The van der Waals surface area contributed by atoms with Gasteiger partial charge in [0.25, 0.3) is 0 Å². The monoisotopic (exact) mass is 297 g/mol. The molecule has 0 saturated heterocycles. The quantitative estimate of drug-likeness (QED) is 0.703. The highest BCUT2D eigenvalue weighted by molar-refractivity contribution is 7.98. The number of rotatable bonds is 9. The van der Waals surface area contributed by atoms with Crippen LogP contribution in [0.1, 0.15) is 31.2 Å². The molecule has 0 spiro atoms. The Balaban J connectivity index is 1.54. The SMILES string of the molecule is CSCCCCCCNCC1Cc2cc(F)ccc2O1. The van der Waals surface area contributed by atoms with E-state index in [9.17, 15) is 4.39 Å². The molecule has 1 heterocycles. The second-order valence-electron chi connectivity index (χ2n) is 5.31. The average Bonchev–Trinajstić information content (AvgIpc) is 2.83. The third kappa shape index (κ3) is 4.98. The molecule has 0 radical (unpaired) electrons. The van der Waals surface area contributed by atoms with Gasteiger partial charge in [-0.2, -0.15) is 11.8 Å². The number of nitrogens with one attached hydrogen (secondary N) is 1. The van der Waals surface area contributed by atoms with Crippen molar-refractivity contribution >= 4 is 11.8 Å². The van der Waals surface area contributed by atoms with Crippen LogP contribution in [0.15, 0.2) is 18.2 Å². The highest BCUT2D eigenvalue weighted by atomic mass is 32.2. The van der Waals surface area contributed by atoms with E-state index >= 15 is 0 Å². The van der Waals surface area contributed by atoms with Crippen LogP contribution in [0.4, 0.5) is 4.39 Å². The third-order valence-corrected chi connectivity index (χ3v) is 4.28. The molecular weight excluding hydrogens is 273 g/mol. The van der Waals surface area contributed by atoms with Crippen molar-refractivity contribution in [3.63, 3.8) is 0 Å². The van der Waals surface area contributed by atoms with Gasteiger partial charge in [-0.3, -0.25) is 0 Å². The summed E-state index contributed by atoms with van der Waals surface area (Å²) in [6, 6.07) is 4.78. The normalized spacial score (nSPS) is 17.0. The van der Waals surface area contributed by atoms with E-state index in [2.05, 4.69) is 11.6 Å². The minimum absolute atomic E-state index is 0.156. The first-order chi connectivity index (χ1) is 9.79. The zero-order chi connectivity index (χ0) is 14.2. The fourth-order valence-corrected chi connectivity index (χ4v) is 3.01. The third-order valence-electron chi connectivity index (χ3n) is 3.59. The van der Waals surface area contributed by atoms with Crippen LogP contribution < -0.4 is 10.1 Å². The van der Waals surface area contributed by atoms with Gasteiger partial charge in [0.15, 0.2) is 0 Å². The lowest BCUT2D eigenvalue weighted by molar-refractivity contribution is 0.227. The number of unbranched alkanes of at least 4 members (excludes halogenated alkanes) is 3. The molecule has 1 N–H and O–H groups in total. The molecule has 112 valence electrons. The number of fused-ring (bicyclic) bond motifs is 1. The second-order valence-corrected chi connectivity index (χ2v) is 6.29. The van der Waals surface area contributed by atoms with Gasteiger partial charge in [0.05, 0.1) is 0 Å². The lowest BCUT2D eigenvalue weighted by Crippen LogP contribution is -2.30. The molecule has 1 aliphatic heterocycles. The van der Waals surface area contributed by atoms with Gasteiger partial charge >= 0.3 is 0 Å². The molecule has 20 heavy (non-hydrogen) atoms. The van der Waals surface area contributed by atoms with Crippen molar-refractivity contribution in [2.75, 3.05) is 25.1 Å². The van der Waals surface area contributed by atoms with Gasteiger partial charge in [0, 0.05) is 18.5 Å². The van der Waals surface area contributed by atoms with Gasteiger partial charge in [0.1, 0.15) is 17.7 Å². The molecule has 4 heteroatoms. The van der Waals surface area contributed by atoms with Crippen molar-refractivity contribution in [2.45, 2.75) is 38.2 Å². The zero-order valence-electron chi connectivity index (χ0n) is 12.2. The van der Waals surface area contributed by atoms with Crippen molar-refractivity contribution in [1.82, 2.24) is 5.32 Å². The zero-order valence-corrected chi connectivity index (χ0v) is 13.0. The molecule has 1 atom stereocenters. The molecule has 0 bridgehead atoms. The number of thioether (sulfide) groups is 1. The van der Waals surface area contributed by atoms with Crippen LogP contribution in [0, 0.1) is 5.82 Å². The smallest absolute Gasteiger partial charge is 0.123 e. The van der Waals surface area contributed by atoms with Crippen molar-refractivity contribution in [3.05, 3.63) is 29.6 Å². The summed E-state index contributed by atoms with van der Waals surface area (Å²) >= 11 is 1.92. The molecule has 1 unspecified atom stereocenters. The first-order valence-electron chi connectivity index (χ1n) is 7.44. The Morgan fingerprint density at radius 1 is 1.30 bits per heavy atom. The van der Waals surface area contributed by atoms with E-state index < -0.39 is 0 Å². The van der Waals surface area contributed by atoms with Gasteiger partial charge in [-0.1, -0.05) is 12.8 Å². The van der Waals surface area contributed by atoms with Crippen LogP contribution in [0.2, 0.25) is 0 Å². The molecule has 2 rings (SSSR count). The summed E-state index contributed by atoms with van der Waals surface area (Å²) in [6.07, 6.45) is 8.30. The predicted octanol–water partition coefficient (Wildman–Crippen LogP) is 3.64. The number of benzene rings is 1. The summed E-state index contributed by atoms with van der Waals surface area (Å²) in [5.41, 5.74) is 0.994. The van der Waals surface area contributed by atoms with Crippen LogP contribution in [-0.4, -0.2) is 31.2 Å². The standard InChI is InChI=1S/C16H24FNOS/c1-20-9-5-3-2-4-8-18-12-15-11-13-10-14(17)6-7-16(13)19-15/h6-7,10,15,18H,2-5,8-9,11-12H2,1H3. The Bertz CT molecular complexity index is 413. The van der Waals surface area contributed by atoms with Gasteiger partial charge in [-0.05, 0) is 49.6 Å². The predicted molar refractivity (Wildman–Crippen MR) is 84.2 cm³/mol. The molecule has 1 aliphatic rings. The van der Waals surface area contributed by atoms with Crippen LogP contribution >= 0.6 is 11.8 Å². The maximum Gasteiger partial charge on any atom is 0.123 e. The van der Waals surface area contributed by atoms with Crippen LogP contribution in [0.5, 0.6) is 5.75 Å². The van der Waals surface area contributed by atoms with Gasteiger partial charge in [-0.25, -0.2) is 4.39 Å². The number of ether oxygens (including phenoxy) is 1. The Kier molecular flexibility index (Phi) is 6.67. The van der Waals surface area contributed by atoms with E-state index in [1.807, 2.05) is 11.8 Å². The largest absolute Gasteiger partial charge is 0.488 e. The molecule has 0 amide bonds. The van der Waals surface area contributed by atoms with E-state index in [0.717, 1.165) is 30.8 Å². The van der Waals surface area contributed by atoms with Crippen molar-refractivity contribution in [1.29, 1.82) is 0 Å². The summed E-state index contributed by atoms with van der Waals surface area (Å²) in [4.78, 5) is 0. The summed E-state index contributed by atoms with van der Waals surface area (Å²) in [5, 5.41) is 3.44. The number of hydrogen-bond donors (Lipinski definition) is 1. The molecule has 2 nitrogen and oxygen atoms in total. The van der Waals surface area contributed by atoms with E-state index in [4.69, 9.17) is 4.74 Å². The Morgan fingerprint density at radius 3 is 3.00 bits per heavy atom. The molecule has 0 aliphatic carbocycles. The average molecular weight is 297 g/mol. The summed E-state index contributed by atoms with van der Waals surface area (Å²) in [7, 11) is 0. The molecule has 0 fully saturated rings. The molecule has 0 aromatic heterocycles. The van der Waals surface area contributed by atoms with Crippen molar-refractivity contribution in [3.8, 4) is 5.75 Å². The van der Waals surface area contributed by atoms with Gasteiger partial charge in [-0.15, -0.1) is 0 Å². The topological polar surface area (TPSA) is 21.3 Å². The molecular formula is C16H24FNOS. The first-order valence-corrected chi connectivity index (χ1v) is 8.83. The summed E-state index contributed by atoms with van der Waals surface area (Å²) in [6.45, 7) is 1.89. The van der Waals surface area contributed by atoms with E-state index in [-0.39, 0.29) is 11.9 Å². The Labute approximate surface area is 125 Å². The van der Waals surface area contributed by atoms with Gasteiger partial charge in [0.2, 0.25) is 0 Å². The Morgan fingerprint density at radius 2 is 2.15 bits per heavy atom. The highest BCUT2D eigenvalue weighted by Gasteiger charge is 2.22. The molecule has 1 aromatic carbocycles.